The number of aromatic carboxylic acids is 1. The van der Waals surface area contributed by atoms with E-state index in [1.165, 1.54) is 18.5 Å². The number of nitriles is 1. The molecular formula is C14H9N3O3. The van der Waals surface area contributed by atoms with Gasteiger partial charge in [-0.05, 0) is 30.3 Å². The summed E-state index contributed by atoms with van der Waals surface area (Å²) in [6, 6.07) is 9.45. The summed E-state index contributed by atoms with van der Waals surface area (Å²) in [6.07, 6.45) is 2.50. The Balaban J connectivity index is 2.24. The van der Waals surface area contributed by atoms with E-state index < -0.39 is 11.9 Å². The predicted molar refractivity (Wildman–Crippen MR) is 70.3 cm³/mol. The Hall–Kier alpha value is -3.20. The van der Waals surface area contributed by atoms with Crippen molar-refractivity contribution >= 4 is 17.6 Å². The molecule has 1 amide bonds. The van der Waals surface area contributed by atoms with Gasteiger partial charge in [-0.3, -0.25) is 9.78 Å². The zero-order valence-electron chi connectivity index (χ0n) is 10.2. The summed E-state index contributed by atoms with van der Waals surface area (Å²) in [4.78, 5) is 26.8. The second-order valence-corrected chi connectivity index (χ2v) is 3.87. The highest BCUT2D eigenvalue weighted by Gasteiger charge is 2.16. The van der Waals surface area contributed by atoms with Crippen LogP contribution in [0.3, 0.4) is 0 Å². The van der Waals surface area contributed by atoms with Crippen molar-refractivity contribution in [3.05, 3.63) is 59.4 Å². The zero-order valence-corrected chi connectivity index (χ0v) is 10.2. The number of hydrogen-bond donors (Lipinski definition) is 2. The van der Waals surface area contributed by atoms with Crippen LogP contribution in [0.25, 0.3) is 0 Å². The van der Waals surface area contributed by atoms with E-state index in [0.29, 0.717) is 11.3 Å². The highest BCUT2D eigenvalue weighted by molar-refractivity contribution is 6.10. The van der Waals surface area contributed by atoms with Gasteiger partial charge in [0.25, 0.3) is 5.91 Å². The van der Waals surface area contributed by atoms with E-state index in [-0.39, 0.29) is 11.1 Å². The maximum absolute atomic E-state index is 12.0. The molecule has 0 saturated heterocycles. The molecule has 98 valence electrons. The number of nitrogens with one attached hydrogen (secondary N) is 1. The lowest BCUT2D eigenvalue weighted by Crippen LogP contribution is -2.16. The summed E-state index contributed by atoms with van der Waals surface area (Å²) >= 11 is 0. The number of nitrogens with zero attached hydrogens (tertiary/aromatic N) is 2. The van der Waals surface area contributed by atoms with E-state index in [1.807, 2.05) is 6.07 Å². The van der Waals surface area contributed by atoms with Crippen LogP contribution < -0.4 is 5.32 Å². The number of rotatable bonds is 3. The molecule has 0 spiro atoms. The maximum atomic E-state index is 12.0. The minimum Gasteiger partial charge on any atom is -0.478 e. The van der Waals surface area contributed by atoms with E-state index in [9.17, 15) is 9.59 Å². The van der Waals surface area contributed by atoms with Crippen LogP contribution in [-0.4, -0.2) is 22.0 Å². The van der Waals surface area contributed by atoms with Crippen LogP contribution >= 0.6 is 0 Å². The van der Waals surface area contributed by atoms with Crippen LogP contribution in [0.15, 0.2) is 42.7 Å². The van der Waals surface area contributed by atoms with Crippen molar-refractivity contribution < 1.29 is 14.7 Å². The molecule has 1 heterocycles. The monoisotopic (exact) mass is 267 g/mol. The van der Waals surface area contributed by atoms with Gasteiger partial charge in [0, 0.05) is 18.1 Å². The summed E-state index contributed by atoms with van der Waals surface area (Å²) in [5, 5.41) is 20.2. The first-order valence-electron chi connectivity index (χ1n) is 5.60. The van der Waals surface area contributed by atoms with Gasteiger partial charge >= 0.3 is 5.97 Å². The fourth-order valence-corrected chi connectivity index (χ4v) is 1.59. The fourth-order valence-electron chi connectivity index (χ4n) is 1.59. The van der Waals surface area contributed by atoms with E-state index in [1.54, 1.807) is 24.3 Å². The third-order valence-corrected chi connectivity index (χ3v) is 2.57. The topological polar surface area (TPSA) is 103 Å². The number of anilines is 1. The molecule has 0 saturated carbocycles. The normalized spacial score (nSPS) is 9.55. The first kappa shape index (κ1) is 13.2. The number of carbonyl (C=O) groups is 2. The van der Waals surface area contributed by atoms with Gasteiger partial charge in [0.1, 0.15) is 0 Å². The number of hydrogen-bond acceptors (Lipinski definition) is 4. The lowest BCUT2D eigenvalue weighted by atomic mass is 10.1. The molecular weight excluding hydrogens is 258 g/mol. The molecule has 0 unspecified atom stereocenters. The van der Waals surface area contributed by atoms with Gasteiger partial charge in [0.15, 0.2) is 0 Å². The Morgan fingerprint density at radius 2 is 1.85 bits per heavy atom. The van der Waals surface area contributed by atoms with Gasteiger partial charge < -0.3 is 10.4 Å². The lowest BCUT2D eigenvalue weighted by molar-refractivity contribution is 0.0692. The van der Waals surface area contributed by atoms with Gasteiger partial charge in [0.2, 0.25) is 0 Å². The summed E-state index contributed by atoms with van der Waals surface area (Å²) in [5.74, 6) is -1.77. The summed E-state index contributed by atoms with van der Waals surface area (Å²) in [7, 11) is 0. The van der Waals surface area contributed by atoms with Crippen LogP contribution in [0, 0.1) is 11.3 Å². The van der Waals surface area contributed by atoms with Crippen LogP contribution in [0.2, 0.25) is 0 Å². The predicted octanol–water partition coefficient (Wildman–Crippen LogP) is 1.90. The average Bonchev–Trinajstić information content (AvgIpc) is 2.48. The third-order valence-electron chi connectivity index (χ3n) is 2.57. The van der Waals surface area contributed by atoms with Crippen molar-refractivity contribution in [2.24, 2.45) is 0 Å². The molecule has 20 heavy (non-hydrogen) atoms. The van der Waals surface area contributed by atoms with Gasteiger partial charge in [-0.2, -0.15) is 5.26 Å². The minimum absolute atomic E-state index is 0.0237. The van der Waals surface area contributed by atoms with E-state index in [2.05, 4.69) is 10.3 Å². The summed E-state index contributed by atoms with van der Waals surface area (Å²) < 4.78 is 0. The molecule has 0 radical (unpaired) electrons. The van der Waals surface area contributed by atoms with Gasteiger partial charge in [-0.25, -0.2) is 4.79 Å². The van der Waals surface area contributed by atoms with Crippen LogP contribution in [-0.2, 0) is 0 Å². The van der Waals surface area contributed by atoms with Crippen molar-refractivity contribution in [2.75, 3.05) is 5.32 Å². The SMILES string of the molecule is N#Cc1ccc(NC(=O)c2cnccc2C(=O)O)cc1. The standard InChI is InChI=1S/C14H9N3O3/c15-7-9-1-3-10(4-2-9)17-13(18)12-8-16-6-5-11(12)14(19)20/h1-6,8H,(H,17,18)(H,19,20). The first-order valence-corrected chi connectivity index (χ1v) is 5.60. The first-order chi connectivity index (χ1) is 9.61. The maximum Gasteiger partial charge on any atom is 0.336 e. The molecule has 2 N–H and O–H groups in total. The van der Waals surface area contributed by atoms with Crippen LogP contribution in [0.1, 0.15) is 26.3 Å². The summed E-state index contributed by atoms with van der Waals surface area (Å²) in [5.41, 5.74) is 0.792. The minimum atomic E-state index is -1.20. The number of carboxylic acid groups (broad SMARTS) is 1. The number of benzene rings is 1. The van der Waals surface area contributed by atoms with Crippen molar-refractivity contribution in [3.63, 3.8) is 0 Å². The number of carbonyl (C=O) groups excluding carboxylic acids is 1. The van der Waals surface area contributed by atoms with Gasteiger partial charge in [-0.1, -0.05) is 0 Å². The number of amides is 1. The number of carboxylic acids is 1. The highest BCUT2D eigenvalue weighted by atomic mass is 16.4. The smallest absolute Gasteiger partial charge is 0.336 e. The van der Waals surface area contributed by atoms with Gasteiger partial charge in [0.05, 0.1) is 22.8 Å². The molecule has 2 aromatic rings. The second-order valence-electron chi connectivity index (χ2n) is 3.87. The largest absolute Gasteiger partial charge is 0.478 e. The van der Waals surface area contributed by atoms with Crippen molar-refractivity contribution in [1.29, 1.82) is 5.26 Å². The van der Waals surface area contributed by atoms with Crippen molar-refractivity contribution in [2.45, 2.75) is 0 Å². The third kappa shape index (κ3) is 2.79. The van der Waals surface area contributed by atoms with E-state index in [0.717, 1.165) is 0 Å². The molecule has 0 aliphatic heterocycles. The second kappa shape index (κ2) is 5.63. The Morgan fingerprint density at radius 3 is 2.45 bits per heavy atom. The Bertz CT molecular complexity index is 702. The molecule has 6 heteroatoms. The molecule has 1 aromatic heterocycles. The molecule has 0 aliphatic rings. The van der Waals surface area contributed by atoms with E-state index >= 15 is 0 Å². The average molecular weight is 267 g/mol. The highest BCUT2D eigenvalue weighted by Crippen LogP contribution is 2.13. The molecule has 6 nitrogen and oxygen atoms in total. The number of aromatic nitrogens is 1. The fraction of sp³-hybridized carbons (Fsp3) is 0. The quantitative estimate of drug-likeness (QED) is 0.884. The lowest BCUT2D eigenvalue weighted by Gasteiger charge is -2.07. The Morgan fingerprint density at radius 1 is 1.15 bits per heavy atom. The van der Waals surface area contributed by atoms with E-state index in [4.69, 9.17) is 10.4 Å². The van der Waals surface area contributed by atoms with Crippen LogP contribution in [0.4, 0.5) is 5.69 Å². The van der Waals surface area contributed by atoms with Crippen molar-refractivity contribution in [3.8, 4) is 6.07 Å². The molecule has 0 atom stereocenters. The Labute approximate surface area is 114 Å². The van der Waals surface area contributed by atoms with Crippen LogP contribution in [0.5, 0.6) is 0 Å². The molecule has 0 fully saturated rings. The molecule has 1 aromatic carbocycles. The van der Waals surface area contributed by atoms with Gasteiger partial charge in [-0.15, -0.1) is 0 Å². The molecule has 2 rings (SSSR count). The summed E-state index contributed by atoms with van der Waals surface area (Å²) in [6.45, 7) is 0. The van der Waals surface area contributed by atoms with Crippen molar-refractivity contribution in [1.82, 2.24) is 4.98 Å². The molecule has 0 bridgehead atoms. The molecule has 0 aliphatic carbocycles. The Kier molecular flexibility index (Phi) is 3.72. The number of pyridine rings is 1. The zero-order chi connectivity index (χ0) is 14.5.